The number of hydrogen-bond acceptors (Lipinski definition) is 1. The summed E-state index contributed by atoms with van der Waals surface area (Å²) >= 11 is 0. The van der Waals surface area contributed by atoms with E-state index in [0.29, 0.717) is 5.56 Å². The molecule has 0 bridgehead atoms. The molecule has 5 aromatic carbocycles. The Hall–Kier alpha value is -4.61. The van der Waals surface area contributed by atoms with Crippen molar-refractivity contribution < 1.29 is 0 Å². The molecule has 6 aromatic rings. The van der Waals surface area contributed by atoms with Crippen LogP contribution in [0.15, 0.2) is 109 Å². The average Bonchev–Trinajstić information content (AvgIpc) is 3.21. The summed E-state index contributed by atoms with van der Waals surface area (Å²) in [6, 6.07) is 40.5. The lowest BCUT2D eigenvalue weighted by Crippen LogP contribution is -2.02. The number of nitrogens with zero attached hydrogens (tertiary/aromatic N) is 2. The maximum absolute atomic E-state index is 9.20. The molecular formula is C31H18N2. The van der Waals surface area contributed by atoms with Crippen LogP contribution in [0.3, 0.4) is 0 Å². The van der Waals surface area contributed by atoms with Gasteiger partial charge in [0.25, 0.3) is 0 Å². The SMILES string of the molecule is N#Cc1ccc(-c2cccc3c2=c2c(-n4c5ccccc5c5ccccc54)cccc2=3)cc1. The number of hydrogen-bond donors (Lipinski definition) is 0. The number of benzene rings is 5. The predicted octanol–water partition coefficient (Wildman–Crippen LogP) is 7.21. The molecule has 1 aromatic heterocycles. The van der Waals surface area contributed by atoms with Crippen molar-refractivity contribution in [2.45, 2.75) is 0 Å². The first kappa shape index (κ1) is 18.0. The average molecular weight is 418 g/mol. The van der Waals surface area contributed by atoms with Gasteiger partial charge in [0.15, 0.2) is 0 Å². The fraction of sp³-hybridized carbons (Fsp3) is 0. The third-order valence-electron chi connectivity index (χ3n) is 6.79. The fourth-order valence-corrected chi connectivity index (χ4v) is 5.34. The number of rotatable bonds is 2. The summed E-state index contributed by atoms with van der Waals surface area (Å²) in [6.07, 6.45) is 0. The second-order valence-electron chi connectivity index (χ2n) is 8.49. The van der Waals surface area contributed by atoms with E-state index in [1.807, 2.05) is 12.1 Å². The quantitative estimate of drug-likeness (QED) is 0.292. The molecule has 33 heavy (non-hydrogen) atoms. The van der Waals surface area contributed by atoms with E-state index in [4.69, 9.17) is 0 Å². The van der Waals surface area contributed by atoms with Crippen molar-refractivity contribution in [3.63, 3.8) is 0 Å². The van der Waals surface area contributed by atoms with Gasteiger partial charge in [-0.1, -0.05) is 78.9 Å². The highest BCUT2D eigenvalue weighted by Crippen LogP contribution is 2.34. The third kappa shape index (κ3) is 2.42. The van der Waals surface area contributed by atoms with Crippen molar-refractivity contribution in [3.8, 4) is 22.9 Å². The first-order valence-corrected chi connectivity index (χ1v) is 11.1. The summed E-state index contributed by atoms with van der Waals surface area (Å²) in [7, 11) is 0. The molecule has 0 spiro atoms. The van der Waals surface area contributed by atoms with Gasteiger partial charge in [-0.3, -0.25) is 0 Å². The predicted molar refractivity (Wildman–Crippen MR) is 133 cm³/mol. The normalized spacial score (nSPS) is 11.6. The largest absolute Gasteiger partial charge is 0.309 e. The number of nitriles is 1. The van der Waals surface area contributed by atoms with Gasteiger partial charge in [0.2, 0.25) is 0 Å². The van der Waals surface area contributed by atoms with Crippen molar-refractivity contribution in [1.82, 2.24) is 4.57 Å². The van der Waals surface area contributed by atoms with Gasteiger partial charge in [0.1, 0.15) is 0 Å². The lowest BCUT2D eigenvalue weighted by Gasteiger charge is -2.16. The molecule has 1 aliphatic carbocycles. The van der Waals surface area contributed by atoms with E-state index >= 15 is 0 Å². The zero-order valence-corrected chi connectivity index (χ0v) is 17.8. The van der Waals surface area contributed by atoms with Crippen molar-refractivity contribution >= 4 is 21.8 Å². The highest BCUT2D eigenvalue weighted by Gasteiger charge is 2.16. The van der Waals surface area contributed by atoms with E-state index in [0.717, 1.165) is 5.56 Å². The third-order valence-corrected chi connectivity index (χ3v) is 6.79. The van der Waals surface area contributed by atoms with E-state index in [-0.39, 0.29) is 0 Å². The molecule has 0 saturated carbocycles. The molecule has 0 fully saturated rings. The molecule has 0 saturated heterocycles. The minimum Gasteiger partial charge on any atom is -0.309 e. The molecule has 0 atom stereocenters. The Bertz CT molecular complexity index is 1920. The Morgan fingerprint density at radius 3 is 1.82 bits per heavy atom. The summed E-state index contributed by atoms with van der Waals surface area (Å²) in [4.78, 5) is 0. The van der Waals surface area contributed by atoms with Crippen molar-refractivity contribution in [1.29, 1.82) is 5.26 Å². The van der Waals surface area contributed by atoms with Gasteiger partial charge in [-0.05, 0) is 51.9 Å². The van der Waals surface area contributed by atoms with Gasteiger partial charge in [-0.25, -0.2) is 0 Å². The van der Waals surface area contributed by atoms with Gasteiger partial charge < -0.3 is 4.57 Å². The Morgan fingerprint density at radius 1 is 0.545 bits per heavy atom. The molecule has 152 valence electrons. The van der Waals surface area contributed by atoms with E-state index in [1.165, 1.54) is 53.9 Å². The van der Waals surface area contributed by atoms with Crippen LogP contribution in [0, 0.1) is 32.2 Å². The van der Waals surface area contributed by atoms with Crippen LogP contribution >= 0.6 is 0 Å². The second-order valence-corrected chi connectivity index (χ2v) is 8.49. The number of aromatic nitrogens is 1. The second kappa shape index (κ2) is 6.69. The maximum atomic E-state index is 9.20. The minimum absolute atomic E-state index is 0.680. The van der Waals surface area contributed by atoms with E-state index in [9.17, 15) is 5.26 Å². The molecule has 2 nitrogen and oxygen atoms in total. The maximum Gasteiger partial charge on any atom is 0.0991 e. The van der Waals surface area contributed by atoms with Crippen LogP contribution in [0.1, 0.15) is 5.56 Å². The standard InChI is InChI=1S/C31H18N2/c32-19-20-15-17-21(18-16-20)22-9-5-10-25-26-11-6-14-29(31(26)30(22)25)33-27-12-3-1-7-23(27)24-8-2-4-13-28(24)33/h1-18H. The molecule has 7 rings (SSSR count). The molecule has 1 aliphatic rings. The zero-order valence-electron chi connectivity index (χ0n) is 17.8. The van der Waals surface area contributed by atoms with Crippen LogP contribution < -0.4 is 0 Å². The molecule has 1 heterocycles. The molecule has 0 unspecified atom stereocenters. The molecule has 0 radical (unpaired) electrons. The van der Waals surface area contributed by atoms with Crippen LogP contribution in [0.4, 0.5) is 0 Å². The lowest BCUT2D eigenvalue weighted by molar-refractivity contribution is 1.13. The summed E-state index contributed by atoms with van der Waals surface area (Å²) in [5.74, 6) is 0. The summed E-state index contributed by atoms with van der Waals surface area (Å²) in [6.45, 7) is 0. The smallest absolute Gasteiger partial charge is 0.0991 e. The van der Waals surface area contributed by atoms with Crippen molar-refractivity contribution in [2.24, 2.45) is 0 Å². The fourth-order valence-electron chi connectivity index (χ4n) is 5.34. The highest BCUT2D eigenvalue weighted by atomic mass is 15.0. The summed E-state index contributed by atoms with van der Waals surface area (Å²) < 4.78 is 2.40. The molecule has 2 heteroatoms. The van der Waals surface area contributed by atoms with Crippen LogP contribution in [-0.2, 0) is 0 Å². The Balaban J connectivity index is 1.63. The van der Waals surface area contributed by atoms with E-state index in [1.54, 1.807) is 0 Å². The number of fused-ring (bicyclic) bond motifs is 5. The molecule has 0 aliphatic heterocycles. The first-order chi connectivity index (χ1) is 16.3. The van der Waals surface area contributed by atoms with Crippen LogP contribution in [0.25, 0.3) is 38.6 Å². The first-order valence-electron chi connectivity index (χ1n) is 11.1. The Morgan fingerprint density at radius 2 is 1.15 bits per heavy atom. The van der Waals surface area contributed by atoms with E-state index < -0.39 is 0 Å². The van der Waals surface area contributed by atoms with Crippen LogP contribution in [-0.4, -0.2) is 4.57 Å². The zero-order chi connectivity index (χ0) is 21.9. The highest BCUT2D eigenvalue weighted by molar-refractivity contribution is 6.09. The van der Waals surface area contributed by atoms with Gasteiger partial charge >= 0.3 is 0 Å². The molecule has 0 amide bonds. The molecule has 0 N–H and O–H groups in total. The minimum atomic E-state index is 0.680. The van der Waals surface area contributed by atoms with Crippen molar-refractivity contribution in [2.75, 3.05) is 0 Å². The number of para-hydroxylation sites is 2. The topological polar surface area (TPSA) is 28.7 Å². The van der Waals surface area contributed by atoms with Crippen molar-refractivity contribution in [3.05, 3.63) is 136 Å². The monoisotopic (exact) mass is 418 g/mol. The van der Waals surface area contributed by atoms with Gasteiger partial charge in [0, 0.05) is 21.2 Å². The Kier molecular flexibility index (Phi) is 3.65. The van der Waals surface area contributed by atoms with Crippen LogP contribution in [0.5, 0.6) is 0 Å². The van der Waals surface area contributed by atoms with Gasteiger partial charge in [-0.15, -0.1) is 0 Å². The summed E-state index contributed by atoms with van der Waals surface area (Å²) in [5, 5.41) is 16.9. The van der Waals surface area contributed by atoms with E-state index in [2.05, 4.69) is 108 Å². The Labute approximate surface area is 190 Å². The lowest BCUT2D eigenvalue weighted by atomic mass is 9.92. The van der Waals surface area contributed by atoms with Gasteiger partial charge in [0.05, 0.1) is 28.4 Å². The summed E-state index contributed by atoms with van der Waals surface area (Å²) in [5.41, 5.74) is 6.66. The van der Waals surface area contributed by atoms with Gasteiger partial charge in [-0.2, -0.15) is 5.26 Å². The van der Waals surface area contributed by atoms with Crippen LogP contribution in [0.2, 0.25) is 0 Å². The molecular weight excluding hydrogens is 400 g/mol.